The lowest BCUT2D eigenvalue weighted by molar-refractivity contribution is -0.384. The Morgan fingerprint density at radius 1 is 1.40 bits per heavy atom. The lowest BCUT2D eigenvalue weighted by Gasteiger charge is -2.06. The van der Waals surface area contributed by atoms with Gasteiger partial charge >= 0.3 is 5.97 Å². The highest BCUT2D eigenvalue weighted by Crippen LogP contribution is 2.13. The van der Waals surface area contributed by atoms with E-state index in [2.05, 4.69) is 5.32 Å². The molecular formula is C13H16N2O5. The van der Waals surface area contributed by atoms with Crippen LogP contribution in [0.15, 0.2) is 24.3 Å². The second-order valence-corrected chi connectivity index (χ2v) is 4.09. The summed E-state index contributed by atoms with van der Waals surface area (Å²) < 4.78 is 4.78. The third-order valence-electron chi connectivity index (χ3n) is 2.48. The lowest BCUT2D eigenvalue weighted by Crippen LogP contribution is -2.29. The summed E-state index contributed by atoms with van der Waals surface area (Å²) in [5, 5.41) is 13.2. The first-order valence-corrected chi connectivity index (χ1v) is 6.23. The van der Waals surface area contributed by atoms with Crippen molar-refractivity contribution in [3.63, 3.8) is 0 Å². The molecule has 0 atom stereocenters. The Balaban J connectivity index is 2.48. The summed E-state index contributed by atoms with van der Waals surface area (Å²) in [6, 6.07) is 5.16. The van der Waals surface area contributed by atoms with Gasteiger partial charge in [0.25, 0.3) is 11.6 Å². The first-order chi connectivity index (χ1) is 9.54. The number of nitrogens with zero attached hydrogens (tertiary/aromatic N) is 1. The summed E-state index contributed by atoms with van der Waals surface area (Å²) in [5.41, 5.74) is -0.160. The normalized spacial score (nSPS) is 9.85. The van der Waals surface area contributed by atoms with Gasteiger partial charge in [0, 0.05) is 18.7 Å². The van der Waals surface area contributed by atoms with Crippen LogP contribution in [0.3, 0.4) is 0 Å². The monoisotopic (exact) mass is 280 g/mol. The molecule has 0 aliphatic heterocycles. The first kappa shape index (κ1) is 15.6. The molecule has 0 aliphatic rings. The summed E-state index contributed by atoms with van der Waals surface area (Å²) in [6.07, 6.45) is 1.80. The quantitative estimate of drug-likeness (QED) is 0.354. The molecule has 0 aromatic heterocycles. The topological polar surface area (TPSA) is 98.5 Å². The predicted molar refractivity (Wildman–Crippen MR) is 71.3 cm³/mol. The van der Waals surface area contributed by atoms with E-state index in [9.17, 15) is 19.7 Å². The number of hydrogen-bond acceptors (Lipinski definition) is 5. The van der Waals surface area contributed by atoms with E-state index in [1.54, 1.807) is 0 Å². The molecule has 108 valence electrons. The van der Waals surface area contributed by atoms with Crippen LogP contribution in [0.2, 0.25) is 0 Å². The molecule has 1 rings (SSSR count). The Morgan fingerprint density at radius 2 is 2.15 bits per heavy atom. The number of rotatable bonds is 7. The van der Waals surface area contributed by atoms with Crippen molar-refractivity contribution in [3.8, 4) is 0 Å². The molecule has 0 aliphatic carbocycles. The van der Waals surface area contributed by atoms with Gasteiger partial charge in [-0.3, -0.25) is 14.9 Å². The third-order valence-corrected chi connectivity index (χ3v) is 2.48. The van der Waals surface area contributed by atoms with E-state index in [4.69, 9.17) is 4.74 Å². The van der Waals surface area contributed by atoms with Crippen molar-refractivity contribution in [2.24, 2.45) is 0 Å². The number of amides is 1. The zero-order valence-corrected chi connectivity index (χ0v) is 11.1. The minimum Gasteiger partial charge on any atom is -0.452 e. The van der Waals surface area contributed by atoms with E-state index >= 15 is 0 Å². The molecule has 20 heavy (non-hydrogen) atoms. The maximum absolute atomic E-state index is 11.6. The summed E-state index contributed by atoms with van der Waals surface area (Å²) in [6.45, 7) is 2.13. The Kier molecular flexibility index (Phi) is 6.15. The highest BCUT2D eigenvalue weighted by atomic mass is 16.6. The number of non-ortho nitro benzene ring substituents is 1. The number of nitrogens with one attached hydrogen (secondary N) is 1. The lowest BCUT2D eigenvalue weighted by atomic mass is 10.2. The average molecular weight is 280 g/mol. The Labute approximate surface area is 116 Å². The predicted octanol–water partition coefficient (Wildman–Crippen LogP) is 1.67. The molecule has 7 heteroatoms. The number of carbonyl (C=O) groups is 2. The van der Waals surface area contributed by atoms with E-state index in [-0.39, 0.29) is 11.3 Å². The fourth-order valence-corrected chi connectivity index (χ4v) is 1.42. The molecule has 0 bridgehead atoms. The highest BCUT2D eigenvalue weighted by Gasteiger charge is 2.13. The van der Waals surface area contributed by atoms with Gasteiger partial charge in [0.1, 0.15) is 0 Å². The molecule has 0 saturated heterocycles. The smallest absolute Gasteiger partial charge is 0.338 e. The fourth-order valence-electron chi connectivity index (χ4n) is 1.42. The van der Waals surface area contributed by atoms with Crippen LogP contribution in [0, 0.1) is 10.1 Å². The minimum absolute atomic E-state index is 0.0422. The van der Waals surface area contributed by atoms with Crippen LogP contribution in [0.5, 0.6) is 0 Å². The van der Waals surface area contributed by atoms with Crippen molar-refractivity contribution in [2.45, 2.75) is 19.8 Å². The van der Waals surface area contributed by atoms with Crippen LogP contribution < -0.4 is 5.32 Å². The zero-order valence-electron chi connectivity index (χ0n) is 11.1. The van der Waals surface area contributed by atoms with E-state index < -0.39 is 23.4 Å². The fraction of sp³-hybridized carbons (Fsp3) is 0.385. The van der Waals surface area contributed by atoms with Gasteiger partial charge in [0.05, 0.1) is 10.5 Å². The van der Waals surface area contributed by atoms with Crippen LogP contribution in [0.25, 0.3) is 0 Å². The number of hydrogen-bond donors (Lipinski definition) is 1. The van der Waals surface area contributed by atoms with E-state index in [1.165, 1.54) is 18.2 Å². The molecule has 1 N–H and O–H groups in total. The highest BCUT2D eigenvalue weighted by molar-refractivity contribution is 5.91. The SMILES string of the molecule is CCCCNC(=O)COC(=O)c1cccc([N+](=O)[O-])c1. The number of ether oxygens (including phenoxy) is 1. The second-order valence-electron chi connectivity index (χ2n) is 4.09. The van der Waals surface area contributed by atoms with E-state index in [1.807, 2.05) is 6.92 Å². The van der Waals surface area contributed by atoms with E-state index in [0.717, 1.165) is 18.9 Å². The summed E-state index contributed by atoms with van der Waals surface area (Å²) in [7, 11) is 0. The standard InChI is InChI=1S/C13H16N2O5/c1-2-3-7-14-12(16)9-20-13(17)10-5-4-6-11(8-10)15(18)19/h4-6,8H,2-3,7,9H2,1H3,(H,14,16). The van der Waals surface area contributed by atoms with Gasteiger partial charge < -0.3 is 10.1 Å². The molecule has 0 unspecified atom stereocenters. The number of unbranched alkanes of at least 4 members (excludes halogenated alkanes) is 1. The summed E-state index contributed by atoms with van der Waals surface area (Å²) in [4.78, 5) is 32.9. The molecule has 0 radical (unpaired) electrons. The van der Waals surface area contributed by atoms with Gasteiger partial charge in [-0.2, -0.15) is 0 Å². The number of esters is 1. The van der Waals surface area contributed by atoms with Crippen molar-refractivity contribution >= 4 is 17.6 Å². The molecule has 0 saturated carbocycles. The van der Waals surface area contributed by atoms with Gasteiger partial charge in [-0.1, -0.05) is 19.4 Å². The first-order valence-electron chi connectivity index (χ1n) is 6.23. The van der Waals surface area contributed by atoms with Crippen LogP contribution in [-0.4, -0.2) is 30.0 Å². The van der Waals surface area contributed by atoms with Crippen LogP contribution in [-0.2, 0) is 9.53 Å². The van der Waals surface area contributed by atoms with Crippen molar-refractivity contribution in [1.82, 2.24) is 5.32 Å². The molecule has 1 amide bonds. The molecule has 0 fully saturated rings. The van der Waals surface area contributed by atoms with Crippen LogP contribution in [0.4, 0.5) is 5.69 Å². The Bertz CT molecular complexity index is 501. The Morgan fingerprint density at radius 3 is 2.80 bits per heavy atom. The van der Waals surface area contributed by atoms with E-state index in [0.29, 0.717) is 6.54 Å². The van der Waals surface area contributed by atoms with Crippen molar-refractivity contribution < 1.29 is 19.2 Å². The van der Waals surface area contributed by atoms with Gasteiger partial charge in [-0.15, -0.1) is 0 Å². The summed E-state index contributed by atoms with van der Waals surface area (Å²) in [5.74, 6) is -1.16. The molecule has 7 nitrogen and oxygen atoms in total. The number of benzene rings is 1. The molecular weight excluding hydrogens is 264 g/mol. The van der Waals surface area contributed by atoms with Crippen molar-refractivity contribution in [1.29, 1.82) is 0 Å². The van der Waals surface area contributed by atoms with Crippen molar-refractivity contribution in [2.75, 3.05) is 13.2 Å². The molecule has 1 aromatic carbocycles. The zero-order chi connectivity index (χ0) is 15.0. The van der Waals surface area contributed by atoms with Gasteiger partial charge in [-0.25, -0.2) is 4.79 Å². The average Bonchev–Trinajstić information content (AvgIpc) is 2.45. The van der Waals surface area contributed by atoms with Crippen LogP contribution >= 0.6 is 0 Å². The molecule has 0 spiro atoms. The van der Waals surface area contributed by atoms with Gasteiger partial charge in [0.15, 0.2) is 6.61 Å². The van der Waals surface area contributed by atoms with Gasteiger partial charge in [0.2, 0.25) is 0 Å². The molecule has 1 aromatic rings. The maximum atomic E-state index is 11.6. The van der Waals surface area contributed by atoms with Crippen molar-refractivity contribution in [3.05, 3.63) is 39.9 Å². The number of nitro groups is 1. The summed E-state index contributed by atoms with van der Waals surface area (Å²) >= 11 is 0. The largest absolute Gasteiger partial charge is 0.452 e. The number of carbonyl (C=O) groups excluding carboxylic acids is 2. The van der Waals surface area contributed by atoms with Gasteiger partial charge in [-0.05, 0) is 12.5 Å². The maximum Gasteiger partial charge on any atom is 0.338 e. The third kappa shape index (κ3) is 5.05. The Hall–Kier alpha value is -2.44. The number of nitro benzene ring substituents is 1. The minimum atomic E-state index is -0.764. The van der Waals surface area contributed by atoms with Crippen LogP contribution in [0.1, 0.15) is 30.1 Å². The molecule has 0 heterocycles. The second kappa shape index (κ2) is 7.88.